The van der Waals surface area contributed by atoms with E-state index in [9.17, 15) is 0 Å². The van der Waals surface area contributed by atoms with Crippen molar-refractivity contribution in [3.05, 3.63) is 135 Å². The van der Waals surface area contributed by atoms with Gasteiger partial charge in [0.2, 0.25) is 0 Å². The van der Waals surface area contributed by atoms with E-state index in [1.54, 1.807) is 5.56 Å². The van der Waals surface area contributed by atoms with Gasteiger partial charge >= 0.3 is 0 Å². The average molecular weight is 744 g/mol. The van der Waals surface area contributed by atoms with E-state index in [1.807, 2.05) is 12.4 Å². The molecular formula is C44H53Cl3N4. The Labute approximate surface area is 324 Å². The summed E-state index contributed by atoms with van der Waals surface area (Å²) < 4.78 is 0. The first-order valence-electron chi connectivity index (χ1n) is 17.9. The highest BCUT2D eigenvalue weighted by molar-refractivity contribution is 5.86. The summed E-state index contributed by atoms with van der Waals surface area (Å²) in [6.07, 6.45) is 9.91. The van der Waals surface area contributed by atoms with Gasteiger partial charge in [-0.15, -0.1) is 37.2 Å². The minimum atomic E-state index is 0. The Morgan fingerprint density at radius 2 is 1.29 bits per heavy atom. The number of aromatic nitrogens is 2. The first-order valence-corrected chi connectivity index (χ1v) is 17.9. The molecule has 0 amide bonds. The van der Waals surface area contributed by atoms with Crippen molar-refractivity contribution in [3.63, 3.8) is 0 Å². The molecule has 270 valence electrons. The predicted molar refractivity (Wildman–Crippen MR) is 222 cm³/mol. The molecule has 5 aromatic rings. The van der Waals surface area contributed by atoms with Crippen molar-refractivity contribution in [3.8, 4) is 22.5 Å². The lowest BCUT2D eigenvalue weighted by Gasteiger charge is -2.40. The Hall–Kier alpha value is -3.41. The first-order chi connectivity index (χ1) is 23.2. The van der Waals surface area contributed by atoms with Crippen molar-refractivity contribution in [2.75, 3.05) is 18.0 Å². The highest BCUT2D eigenvalue weighted by atomic mass is 35.5. The van der Waals surface area contributed by atoms with Gasteiger partial charge in [-0.3, -0.25) is 14.9 Å². The van der Waals surface area contributed by atoms with Gasteiger partial charge in [-0.25, -0.2) is 0 Å². The van der Waals surface area contributed by atoms with Crippen LogP contribution in [0.3, 0.4) is 0 Å². The lowest BCUT2D eigenvalue weighted by atomic mass is 9.95. The number of anilines is 1. The Balaban J connectivity index is 0.00000194. The van der Waals surface area contributed by atoms with Crippen LogP contribution in [0.2, 0.25) is 0 Å². The normalized spacial score (nSPS) is 14.2. The predicted octanol–water partition coefficient (Wildman–Crippen LogP) is 11.1. The van der Waals surface area contributed by atoms with Crippen LogP contribution in [0.15, 0.2) is 79.1 Å². The molecule has 7 rings (SSSR count). The van der Waals surface area contributed by atoms with E-state index >= 15 is 0 Å². The Morgan fingerprint density at radius 1 is 0.667 bits per heavy atom. The number of nitrogens with zero attached hydrogens (tertiary/aromatic N) is 4. The summed E-state index contributed by atoms with van der Waals surface area (Å²) in [5.41, 5.74) is 19.8. The summed E-state index contributed by atoms with van der Waals surface area (Å²) in [5.74, 6) is 0. The zero-order chi connectivity index (χ0) is 33.4. The molecule has 0 N–H and O–H groups in total. The number of hydrogen-bond donors (Lipinski definition) is 0. The van der Waals surface area contributed by atoms with Crippen molar-refractivity contribution in [1.82, 2.24) is 14.9 Å². The molecule has 4 nitrogen and oxygen atoms in total. The number of rotatable bonds is 8. The lowest BCUT2D eigenvalue weighted by Crippen LogP contribution is -2.44. The number of fused-ring (bicyclic) bond motifs is 1. The van der Waals surface area contributed by atoms with Crippen LogP contribution in [0.1, 0.15) is 74.9 Å². The monoisotopic (exact) mass is 742 g/mol. The highest BCUT2D eigenvalue weighted by Gasteiger charge is 2.27. The number of piperidine rings is 1. The second kappa shape index (κ2) is 17.4. The molecule has 3 heterocycles. The first kappa shape index (κ1) is 40.4. The van der Waals surface area contributed by atoms with E-state index in [2.05, 4.69) is 118 Å². The van der Waals surface area contributed by atoms with Gasteiger partial charge in [-0.1, -0.05) is 12.1 Å². The highest BCUT2D eigenvalue weighted by Crippen LogP contribution is 2.34. The molecule has 0 spiro atoms. The molecule has 0 unspecified atom stereocenters. The summed E-state index contributed by atoms with van der Waals surface area (Å²) in [5, 5.41) is 0. The molecule has 51 heavy (non-hydrogen) atoms. The fourth-order valence-electron chi connectivity index (χ4n) is 7.91. The van der Waals surface area contributed by atoms with Crippen molar-refractivity contribution in [2.45, 2.75) is 92.8 Å². The molecule has 0 radical (unpaired) electrons. The summed E-state index contributed by atoms with van der Waals surface area (Å²) >= 11 is 0. The number of hydrogen-bond acceptors (Lipinski definition) is 4. The van der Waals surface area contributed by atoms with Gasteiger partial charge in [-0.2, -0.15) is 0 Å². The standard InChI is InChI=1S/C44H50N4.3ClH/c1-29-21-39(22-30(2)33(29)5)43-25-35(14-18-45-43)27-47-19-15-41(16-20-47)48(42-13-12-36-9-7-10-37(36)26-42)28-38-11-8-17-46-44(38)40-23-31(3)34(6)32(4)24-40;;;/h8,11-14,17-18,21-26,41H,7,9-10,15-16,19-20,27-28H2,1-6H3;3*1H. The van der Waals surface area contributed by atoms with Gasteiger partial charge in [0.15, 0.2) is 0 Å². The van der Waals surface area contributed by atoms with E-state index < -0.39 is 0 Å². The third-order valence-corrected chi connectivity index (χ3v) is 11.3. The second-order valence-corrected chi connectivity index (χ2v) is 14.5. The van der Waals surface area contributed by atoms with Gasteiger partial charge in [0.05, 0.1) is 11.4 Å². The van der Waals surface area contributed by atoms with Crippen LogP contribution in [-0.2, 0) is 25.9 Å². The molecule has 1 aliphatic carbocycles. The van der Waals surface area contributed by atoms with Gasteiger partial charge in [0, 0.05) is 61.4 Å². The topological polar surface area (TPSA) is 32.3 Å². The van der Waals surface area contributed by atoms with Gasteiger partial charge in [-0.05, 0) is 184 Å². The fraction of sp³-hybridized carbons (Fsp3) is 0.364. The van der Waals surface area contributed by atoms with Gasteiger partial charge in [0.1, 0.15) is 0 Å². The number of aryl methyl sites for hydroxylation is 6. The van der Waals surface area contributed by atoms with Crippen molar-refractivity contribution in [1.29, 1.82) is 0 Å². The third-order valence-electron chi connectivity index (χ3n) is 11.3. The number of pyridine rings is 2. The molecule has 0 bridgehead atoms. The molecular weight excluding hydrogens is 691 g/mol. The van der Waals surface area contributed by atoms with Crippen LogP contribution >= 0.6 is 37.2 Å². The quantitative estimate of drug-likeness (QED) is 0.158. The molecule has 1 fully saturated rings. The molecule has 1 saturated heterocycles. The largest absolute Gasteiger partial charge is 0.364 e. The molecule has 1 aliphatic heterocycles. The molecule has 0 atom stereocenters. The van der Waals surface area contributed by atoms with E-state index in [0.717, 1.165) is 50.4 Å². The Morgan fingerprint density at radius 3 is 1.96 bits per heavy atom. The third kappa shape index (κ3) is 8.80. The average Bonchev–Trinajstić information content (AvgIpc) is 3.57. The van der Waals surface area contributed by atoms with Crippen LogP contribution < -0.4 is 4.90 Å². The maximum atomic E-state index is 4.97. The minimum absolute atomic E-state index is 0. The van der Waals surface area contributed by atoms with Gasteiger partial charge < -0.3 is 4.90 Å². The molecule has 7 heteroatoms. The summed E-state index contributed by atoms with van der Waals surface area (Å²) in [4.78, 5) is 15.1. The van der Waals surface area contributed by atoms with Crippen LogP contribution in [0.25, 0.3) is 22.5 Å². The molecule has 3 aromatic carbocycles. The summed E-state index contributed by atoms with van der Waals surface area (Å²) in [6.45, 7) is 17.3. The second-order valence-electron chi connectivity index (χ2n) is 14.5. The van der Waals surface area contributed by atoms with Crippen LogP contribution in [-0.4, -0.2) is 34.0 Å². The number of likely N-dealkylation sites (tertiary alicyclic amines) is 1. The Bertz CT molecular complexity index is 1920. The van der Waals surface area contributed by atoms with Crippen molar-refractivity contribution < 1.29 is 0 Å². The number of halogens is 3. The maximum Gasteiger partial charge on any atom is 0.0752 e. The summed E-state index contributed by atoms with van der Waals surface area (Å²) in [7, 11) is 0. The zero-order valence-corrected chi connectivity index (χ0v) is 33.4. The van der Waals surface area contributed by atoms with E-state index in [-0.39, 0.29) is 37.2 Å². The molecule has 2 aromatic heterocycles. The molecule has 0 saturated carbocycles. The number of benzene rings is 3. The fourth-order valence-corrected chi connectivity index (χ4v) is 7.91. The van der Waals surface area contributed by atoms with E-state index in [1.165, 1.54) is 86.1 Å². The van der Waals surface area contributed by atoms with Crippen molar-refractivity contribution >= 4 is 42.9 Å². The minimum Gasteiger partial charge on any atom is -0.364 e. The smallest absolute Gasteiger partial charge is 0.0752 e. The lowest BCUT2D eigenvalue weighted by molar-refractivity contribution is 0.201. The summed E-state index contributed by atoms with van der Waals surface area (Å²) in [6, 6.07) is 25.8. The zero-order valence-electron chi connectivity index (χ0n) is 31.0. The SMILES string of the molecule is Cc1cc(-c2cc(CN3CCC(N(Cc4cccnc4-c4cc(C)c(C)c(C)c4)c4ccc5c(c4)CCC5)CC3)ccn2)cc(C)c1C.Cl.Cl.Cl. The van der Waals surface area contributed by atoms with Gasteiger partial charge in [0.25, 0.3) is 0 Å². The van der Waals surface area contributed by atoms with E-state index in [0.29, 0.717) is 6.04 Å². The van der Waals surface area contributed by atoms with Crippen LogP contribution in [0, 0.1) is 41.5 Å². The van der Waals surface area contributed by atoms with Crippen LogP contribution in [0.5, 0.6) is 0 Å². The van der Waals surface area contributed by atoms with Crippen LogP contribution in [0.4, 0.5) is 5.69 Å². The van der Waals surface area contributed by atoms with Crippen molar-refractivity contribution in [2.24, 2.45) is 0 Å². The van der Waals surface area contributed by atoms with E-state index in [4.69, 9.17) is 9.97 Å². The Kier molecular flexibility index (Phi) is 13.8. The maximum absolute atomic E-state index is 4.97. The molecule has 2 aliphatic rings.